The predicted molar refractivity (Wildman–Crippen MR) is 86.6 cm³/mol. The minimum absolute atomic E-state index is 0.0206. The molecule has 0 bridgehead atoms. The predicted octanol–water partition coefficient (Wildman–Crippen LogP) is 2.20. The zero-order valence-corrected chi connectivity index (χ0v) is 14.1. The first kappa shape index (κ1) is 17.1. The number of benzene rings is 1. The van der Waals surface area contributed by atoms with Crippen LogP contribution < -0.4 is 5.32 Å². The van der Waals surface area contributed by atoms with E-state index in [9.17, 15) is 13.2 Å². The number of nitrogens with one attached hydrogen (secondary N) is 1. The average molecular weight is 337 g/mol. The maximum atomic E-state index is 12.3. The van der Waals surface area contributed by atoms with E-state index in [0.29, 0.717) is 29.4 Å². The Balaban J connectivity index is 2.26. The summed E-state index contributed by atoms with van der Waals surface area (Å²) >= 11 is 0. The second-order valence-corrected chi connectivity index (χ2v) is 7.62. The summed E-state index contributed by atoms with van der Waals surface area (Å²) in [7, 11) is -3.46. The number of anilines is 1. The van der Waals surface area contributed by atoms with Crippen LogP contribution in [0.5, 0.6) is 0 Å². The molecule has 0 saturated heterocycles. The fraction of sp³-hybridized carbons (Fsp3) is 0.400. The van der Waals surface area contributed by atoms with Gasteiger partial charge in [0.2, 0.25) is 17.6 Å². The van der Waals surface area contributed by atoms with Gasteiger partial charge < -0.3 is 9.84 Å². The quantitative estimate of drug-likeness (QED) is 0.867. The third kappa shape index (κ3) is 3.95. The zero-order chi connectivity index (χ0) is 17.0. The van der Waals surface area contributed by atoms with Crippen molar-refractivity contribution in [1.82, 2.24) is 10.1 Å². The number of para-hydroxylation sites is 1. The maximum Gasteiger partial charge on any atom is 0.242 e. The highest BCUT2D eigenvalue weighted by Gasteiger charge is 2.27. The van der Waals surface area contributed by atoms with Crippen LogP contribution in [0.3, 0.4) is 0 Å². The number of rotatable bonds is 6. The van der Waals surface area contributed by atoms with Crippen LogP contribution in [0.1, 0.15) is 26.2 Å². The molecule has 1 atom stereocenters. The van der Waals surface area contributed by atoms with Crippen molar-refractivity contribution >= 4 is 21.4 Å². The SMILES string of the molecule is CCCS(=O)(=O)C(C)C(=O)Nc1ccccc1-c1noc(C)n1. The zero-order valence-electron chi connectivity index (χ0n) is 13.2. The number of carbonyl (C=O) groups is 1. The number of nitrogens with zero attached hydrogens (tertiary/aromatic N) is 2. The van der Waals surface area contributed by atoms with E-state index in [-0.39, 0.29) is 5.75 Å². The summed E-state index contributed by atoms with van der Waals surface area (Å²) in [6.45, 7) is 4.81. The van der Waals surface area contributed by atoms with Crippen molar-refractivity contribution in [3.63, 3.8) is 0 Å². The van der Waals surface area contributed by atoms with Gasteiger partial charge in [-0.15, -0.1) is 0 Å². The molecule has 0 saturated carbocycles. The molecule has 7 nitrogen and oxygen atoms in total. The highest BCUT2D eigenvalue weighted by atomic mass is 32.2. The first-order valence-electron chi connectivity index (χ1n) is 7.27. The first-order valence-corrected chi connectivity index (χ1v) is 8.99. The molecule has 0 fully saturated rings. The first-order chi connectivity index (χ1) is 10.8. The van der Waals surface area contributed by atoms with Gasteiger partial charge in [-0.25, -0.2) is 8.42 Å². The molecular weight excluding hydrogens is 318 g/mol. The van der Waals surface area contributed by atoms with Gasteiger partial charge >= 0.3 is 0 Å². The molecule has 1 unspecified atom stereocenters. The van der Waals surface area contributed by atoms with Crippen molar-refractivity contribution in [2.24, 2.45) is 0 Å². The largest absolute Gasteiger partial charge is 0.339 e. The van der Waals surface area contributed by atoms with Crippen LogP contribution in [0, 0.1) is 6.92 Å². The van der Waals surface area contributed by atoms with Crippen LogP contribution in [-0.2, 0) is 14.6 Å². The molecule has 1 aromatic carbocycles. The molecule has 1 heterocycles. The molecule has 1 N–H and O–H groups in total. The monoisotopic (exact) mass is 337 g/mol. The van der Waals surface area contributed by atoms with E-state index in [2.05, 4.69) is 15.5 Å². The summed E-state index contributed by atoms with van der Waals surface area (Å²) in [5, 5.41) is 5.34. The molecule has 0 aliphatic rings. The number of hydrogen-bond acceptors (Lipinski definition) is 6. The molecule has 1 aromatic heterocycles. The van der Waals surface area contributed by atoms with Crippen LogP contribution in [0.15, 0.2) is 28.8 Å². The lowest BCUT2D eigenvalue weighted by molar-refractivity contribution is -0.115. The van der Waals surface area contributed by atoms with Gasteiger partial charge in [0, 0.05) is 12.5 Å². The standard InChI is InChI=1S/C15H19N3O4S/c1-4-9-23(20,21)10(2)15(19)17-13-8-6-5-7-12(13)14-16-11(3)22-18-14/h5-8,10H,4,9H2,1-3H3,(H,17,19). The van der Waals surface area contributed by atoms with Crippen molar-refractivity contribution < 1.29 is 17.7 Å². The van der Waals surface area contributed by atoms with E-state index in [1.807, 2.05) is 0 Å². The Bertz CT molecular complexity index is 799. The van der Waals surface area contributed by atoms with Crippen molar-refractivity contribution in [3.05, 3.63) is 30.2 Å². The summed E-state index contributed by atoms with van der Waals surface area (Å²) in [6.07, 6.45) is 0.471. The summed E-state index contributed by atoms with van der Waals surface area (Å²) in [4.78, 5) is 16.4. The Kier molecular flexibility index (Phi) is 5.15. The Morgan fingerprint density at radius 3 is 2.65 bits per heavy atom. The van der Waals surface area contributed by atoms with Gasteiger partial charge in [-0.05, 0) is 25.5 Å². The van der Waals surface area contributed by atoms with Crippen molar-refractivity contribution in [1.29, 1.82) is 0 Å². The molecule has 0 spiro atoms. The van der Waals surface area contributed by atoms with Gasteiger partial charge in [-0.1, -0.05) is 24.2 Å². The Labute approximate surface area is 135 Å². The number of carbonyl (C=O) groups excluding carboxylic acids is 1. The number of aromatic nitrogens is 2. The molecule has 1 amide bonds. The third-order valence-electron chi connectivity index (χ3n) is 3.35. The van der Waals surface area contributed by atoms with Crippen LogP contribution in [0.2, 0.25) is 0 Å². The molecule has 8 heteroatoms. The highest BCUT2D eigenvalue weighted by molar-refractivity contribution is 7.92. The van der Waals surface area contributed by atoms with E-state index >= 15 is 0 Å². The van der Waals surface area contributed by atoms with Crippen LogP contribution in [-0.4, -0.2) is 35.5 Å². The second-order valence-electron chi connectivity index (χ2n) is 5.18. The number of aryl methyl sites for hydroxylation is 1. The Hall–Kier alpha value is -2.22. The van der Waals surface area contributed by atoms with Gasteiger partial charge in [0.1, 0.15) is 5.25 Å². The molecule has 23 heavy (non-hydrogen) atoms. The molecule has 2 rings (SSSR count). The van der Waals surface area contributed by atoms with Gasteiger partial charge in [0.15, 0.2) is 9.84 Å². The van der Waals surface area contributed by atoms with Crippen molar-refractivity contribution in [3.8, 4) is 11.4 Å². The average Bonchev–Trinajstić information content (AvgIpc) is 2.93. The minimum Gasteiger partial charge on any atom is -0.339 e. The second kappa shape index (κ2) is 6.91. The minimum atomic E-state index is -3.46. The summed E-state index contributed by atoms with van der Waals surface area (Å²) in [5.74, 6) is 0.140. The van der Waals surface area contributed by atoms with Crippen LogP contribution in [0.4, 0.5) is 5.69 Å². The molecule has 0 radical (unpaired) electrons. The molecule has 0 aliphatic heterocycles. The van der Waals surface area contributed by atoms with Crippen LogP contribution >= 0.6 is 0 Å². The molecular formula is C15H19N3O4S. The van der Waals surface area contributed by atoms with E-state index in [0.717, 1.165) is 0 Å². The number of hydrogen-bond donors (Lipinski definition) is 1. The van der Waals surface area contributed by atoms with Crippen LogP contribution in [0.25, 0.3) is 11.4 Å². The molecule has 124 valence electrons. The Morgan fingerprint density at radius 2 is 2.04 bits per heavy atom. The van der Waals surface area contributed by atoms with E-state index in [1.165, 1.54) is 6.92 Å². The van der Waals surface area contributed by atoms with Gasteiger partial charge in [0.05, 0.1) is 11.4 Å². The van der Waals surface area contributed by atoms with Crippen molar-refractivity contribution in [2.45, 2.75) is 32.4 Å². The highest BCUT2D eigenvalue weighted by Crippen LogP contribution is 2.25. The maximum absolute atomic E-state index is 12.3. The van der Waals surface area contributed by atoms with Gasteiger partial charge in [-0.3, -0.25) is 4.79 Å². The summed E-state index contributed by atoms with van der Waals surface area (Å²) in [5.41, 5.74) is 1.01. The fourth-order valence-corrected chi connectivity index (χ4v) is 3.36. The lowest BCUT2D eigenvalue weighted by Crippen LogP contribution is -2.34. The lowest BCUT2D eigenvalue weighted by atomic mass is 10.1. The van der Waals surface area contributed by atoms with E-state index < -0.39 is 21.0 Å². The molecule has 0 aliphatic carbocycles. The number of amides is 1. The molecule has 2 aromatic rings. The normalized spacial score (nSPS) is 12.8. The van der Waals surface area contributed by atoms with Gasteiger partial charge in [0.25, 0.3) is 0 Å². The smallest absolute Gasteiger partial charge is 0.242 e. The van der Waals surface area contributed by atoms with Crippen molar-refractivity contribution in [2.75, 3.05) is 11.1 Å². The van der Waals surface area contributed by atoms with E-state index in [4.69, 9.17) is 4.52 Å². The Morgan fingerprint density at radius 1 is 1.35 bits per heavy atom. The summed E-state index contributed by atoms with van der Waals surface area (Å²) in [6, 6.07) is 6.90. The van der Waals surface area contributed by atoms with E-state index in [1.54, 1.807) is 38.1 Å². The number of sulfone groups is 1. The third-order valence-corrected chi connectivity index (χ3v) is 5.62. The summed E-state index contributed by atoms with van der Waals surface area (Å²) < 4.78 is 29.0. The van der Waals surface area contributed by atoms with Gasteiger partial charge in [-0.2, -0.15) is 4.98 Å². The fourth-order valence-electron chi connectivity index (χ4n) is 2.05. The topological polar surface area (TPSA) is 102 Å². The lowest BCUT2D eigenvalue weighted by Gasteiger charge is -2.14.